The summed E-state index contributed by atoms with van der Waals surface area (Å²) in [6.45, 7) is 0. The van der Waals surface area contributed by atoms with Crippen LogP contribution in [0.15, 0.2) is 65.6 Å². The van der Waals surface area contributed by atoms with E-state index in [1.807, 2.05) is 0 Å². The van der Waals surface area contributed by atoms with Crippen LogP contribution >= 0.6 is 59.4 Å². The van der Waals surface area contributed by atoms with Crippen LogP contribution in [0, 0.1) is 0 Å². The van der Waals surface area contributed by atoms with E-state index in [0.29, 0.717) is 16.4 Å². The maximum absolute atomic E-state index is 12.5. The topological polar surface area (TPSA) is 87.7 Å². The van der Waals surface area contributed by atoms with Crippen LogP contribution in [0.2, 0.25) is 15.1 Å². The minimum atomic E-state index is -0.694. The van der Waals surface area contributed by atoms with Gasteiger partial charge in [-0.2, -0.15) is 0 Å². The van der Waals surface area contributed by atoms with Gasteiger partial charge in [-0.05, 0) is 54.6 Å². The average Bonchev–Trinajstić information content (AvgIpc) is 2.82. The maximum Gasteiger partial charge on any atom is 0.341 e. The Kier molecular flexibility index (Phi) is 9.59. The SMILES string of the molecule is COC(=O)c1c(Cl)cc(Cl)cc1NC(=O)CSc1ccc(N(S)C(=O)Nc2cccc(Cl)c2)cc1. The number of amides is 3. The van der Waals surface area contributed by atoms with Crippen LogP contribution in [-0.4, -0.2) is 30.8 Å². The third-order valence-corrected chi connectivity index (χ3v) is 6.61. The Hall–Kier alpha value is -2.56. The van der Waals surface area contributed by atoms with E-state index in [4.69, 9.17) is 39.5 Å². The molecule has 0 fully saturated rings. The molecule has 3 rings (SSSR count). The van der Waals surface area contributed by atoms with Gasteiger partial charge in [0.2, 0.25) is 5.91 Å². The molecule has 0 aliphatic carbocycles. The lowest BCUT2D eigenvalue weighted by molar-refractivity contribution is -0.113. The Labute approximate surface area is 226 Å². The van der Waals surface area contributed by atoms with Gasteiger partial charge in [0.25, 0.3) is 0 Å². The minimum absolute atomic E-state index is 0.0196. The Morgan fingerprint density at radius 1 is 0.971 bits per heavy atom. The van der Waals surface area contributed by atoms with Crippen LogP contribution in [0.3, 0.4) is 0 Å². The van der Waals surface area contributed by atoms with E-state index in [2.05, 4.69) is 23.4 Å². The first kappa shape index (κ1) is 27.0. The molecular formula is C23H18Cl3N3O4S2. The lowest BCUT2D eigenvalue weighted by Crippen LogP contribution is -2.26. The molecule has 3 aromatic carbocycles. The van der Waals surface area contributed by atoms with Gasteiger partial charge in [0.15, 0.2) is 0 Å². The van der Waals surface area contributed by atoms with Crippen molar-refractivity contribution in [2.75, 3.05) is 27.8 Å². The molecule has 182 valence electrons. The van der Waals surface area contributed by atoms with Gasteiger partial charge in [-0.1, -0.05) is 53.7 Å². The molecule has 7 nitrogen and oxygen atoms in total. The normalized spacial score (nSPS) is 10.4. The third-order valence-electron chi connectivity index (χ3n) is 4.44. The fraction of sp³-hybridized carbons (Fsp3) is 0.0870. The third kappa shape index (κ3) is 7.46. The van der Waals surface area contributed by atoms with Gasteiger partial charge in [0.1, 0.15) is 5.56 Å². The van der Waals surface area contributed by atoms with E-state index < -0.39 is 12.0 Å². The fourth-order valence-electron chi connectivity index (χ4n) is 2.86. The number of halogens is 3. The second-order valence-corrected chi connectivity index (χ2v) is 9.61. The number of anilines is 3. The van der Waals surface area contributed by atoms with Crippen molar-refractivity contribution in [3.05, 3.63) is 81.3 Å². The molecule has 35 heavy (non-hydrogen) atoms. The second kappa shape index (κ2) is 12.4. The van der Waals surface area contributed by atoms with Crippen LogP contribution in [-0.2, 0) is 9.53 Å². The number of thiol groups is 1. The van der Waals surface area contributed by atoms with Crippen molar-refractivity contribution < 1.29 is 19.1 Å². The first-order valence-electron chi connectivity index (χ1n) is 9.83. The highest BCUT2D eigenvalue weighted by Gasteiger charge is 2.19. The molecule has 0 atom stereocenters. The predicted molar refractivity (Wildman–Crippen MR) is 146 cm³/mol. The van der Waals surface area contributed by atoms with Gasteiger partial charge < -0.3 is 15.4 Å². The smallest absolute Gasteiger partial charge is 0.341 e. The first-order chi connectivity index (χ1) is 16.7. The van der Waals surface area contributed by atoms with E-state index in [-0.39, 0.29) is 33.0 Å². The number of esters is 1. The van der Waals surface area contributed by atoms with Crippen LogP contribution in [0.25, 0.3) is 0 Å². The van der Waals surface area contributed by atoms with Crippen molar-refractivity contribution >= 4 is 94.3 Å². The summed E-state index contributed by atoms with van der Waals surface area (Å²) in [5.74, 6) is -1.02. The highest BCUT2D eigenvalue weighted by molar-refractivity contribution is 8.00. The molecule has 3 aromatic rings. The zero-order chi connectivity index (χ0) is 25.5. The number of methoxy groups -OCH3 is 1. The zero-order valence-corrected chi connectivity index (χ0v) is 22.0. The highest BCUT2D eigenvalue weighted by Crippen LogP contribution is 2.30. The Balaban J connectivity index is 1.59. The van der Waals surface area contributed by atoms with Crippen molar-refractivity contribution in [1.29, 1.82) is 0 Å². The molecular weight excluding hydrogens is 553 g/mol. The number of carbonyl (C=O) groups is 3. The Bertz CT molecular complexity index is 1260. The number of hydrogen-bond donors (Lipinski definition) is 3. The van der Waals surface area contributed by atoms with E-state index in [9.17, 15) is 14.4 Å². The molecule has 0 heterocycles. The van der Waals surface area contributed by atoms with E-state index >= 15 is 0 Å². The summed E-state index contributed by atoms with van der Waals surface area (Å²) in [5, 5.41) is 6.16. The molecule has 0 unspecified atom stereocenters. The number of urea groups is 1. The van der Waals surface area contributed by atoms with Crippen LogP contribution in [0.5, 0.6) is 0 Å². The predicted octanol–water partition coefficient (Wildman–Crippen LogP) is 7.05. The molecule has 2 N–H and O–H groups in total. The van der Waals surface area contributed by atoms with Crippen molar-refractivity contribution in [1.82, 2.24) is 0 Å². The number of rotatable bonds is 7. The van der Waals surface area contributed by atoms with Crippen molar-refractivity contribution in [2.45, 2.75) is 4.90 Å². The molecule has 0 aliphatic heterocycles. The zero-order valence-electron chi connectivity index (χ0n) is 18.1. The van der Waals surface area contributed by atoms with Crippen molar-refractivity contribution in [2.24, 2.45) is 0 Å². The number of nitrogens with one attached hydrogen (secondary N) is 2. The molecule has 0 spiro atoms. The van der Waals surface area contributed by atoms with E-state index in [1.165, 1.54) is 31.0 Å². The summed E-state index contributed by atoms with van der Waals surface area (Å²) < 4.78 is 5.88. The van der Waals surface area contributed by atoms with Crippen LogP contribution in [0.4, 0.5) is 21.9 Å². The highest BCUT2D eigenvalue weighted by atomic mass is 35.5. The van der Waals surface area contributed by atoms with Gasteiger partial charge >= 0.3 is 12.0 Å². The standard InChI is InChI=1S/C23H18Cl3N3O4S2/c1-33-22(31)21-18(26)10-14(25)11-19(21)28-20(30)12-35-17-7-5-16(6-8-17)29(34)23(32)27-15-4-2-3-13(24)9-15/h2-11,34H,12H2,1H3,(H,27,32)(H,28,30). The summed E-state index contributed by atoms with van der Waals surface area (Å²) >= 11 is 23.5. The lowest BCUT2D eigenvalue weighted by atomic mass is 10.1. The quantitative estimate of drug-likeness (QED) is 0.161. The van der Waals surface area contributed by atoms with Gasteiger partial charge in [-0.3, -0.25) is 4.79 Å². The molecule has 12 heteroatoms. The lowest BCUT2D eigenvalue weighted by Gasteiger charge is -2.17. The monoisotopic (exact) mass is 569 g/mol. The minimum Gasteiger partial charge on any atom is -0.465 e. The number of carbonyl (C=O) groups excluding carboxylic acids is 3. The summed E-state index contributed by atoms with van der Waals surface area (Å²) in [6.07, 6.45) is 0. The van der Waals surface area contributed by atoms with E-state index in [0.717, 1.165) is 9.20 Å². The van der Waals surface area contributed by atoms with Gasteiger partial charge in [-0.15, -0.1) is 11.8 Å². The van der Waals surface area contributed by atoms with Gasteiger partial charge in [0, 0.05) is 20.6 Å². The molecule has 0 saturated carbocycles. The average molecular weight is 571 g/mol. The fourth-order valence-corrected chi connectivity index (χ4v) is 4.50. The summed E-state index contributed by atoms with van der Waals surface area (Å²) in [4.78, 5) is 37.7. The van der Waals surface area contributed by atoms with Gasteiger partial charge in [0.05, 0.1) is 29.3 Å². The molecule has 0 radical (unpaired) electrons. The molecule has 3 amide bonds. The number of ether oxygens (including phenoxy) is 1. The Morgan fingerprint density at radius 3 is 2.34 bits per heavy atom. The largest absolute Gasteiger partial charge is 0.465 e. The van der Waals surface area contributed by atoms with Crippen LogP contribution < -0.4 is 14.9 Å². The van der Waals surface area contributed by atoms with Gasteiger partial charge in [-0.25, -0.2) is 13.9 Å². The molecule has 0 aromatic heterocycles. The second-order valence-electron chi connectivity index (χ2n) is 6.88. The number of benzene rings is 3. The molecule has 0 saturated heterocycles. The number of thioether (sulfide) groups is 1. The summed E-state index contributed by atoms with van der Waals surface area (Å²) in [7, 11) is 1.21. The summed E-state index contributed by atoms with van der Waals surface area (Å²) in [5.41, 5.74) is 1.24. The molecule has 0 bridgehead atoms. The number of nitrogens with zero attached hydrogens (tertiary/aromatic N) is 1. The molecule has 0 aliphatic rings. The van der Waals surface area contributed by atoms with Crippen LogP contribution in [0.1, 0.15) is 10.4 Å². The first-order valence-corrected chi connectivity index (χ1v) is 12.4. The maximum atomic E-state index is 12.5. The van der Waals surface area contributed by atoms with Crippen molar-refractivity contribution in [3.63, 3.8) is 0 Å². The summed E-state index contributed by atoms with van der Waals surface area (Å²) in [6, 6.07) is 16.0. The number of hydrogen-bond acceptors (Lipinski definition) is 6. The van der Waals surface area contributed by atoms with E-state index in [1.54, 1.807) is 48.5 Å². The van der Waals surface area contributed by atoms with Crippen molar-refractivity contribution in [3.8, 4) is 0 Å². The Morgan fingerprint density at radius 2 is 1.69 bits per heavy atom.